The fraction of sp³-hybridized carbons (Fsp3) is 0.111. The first-order valence-electron chi connectivity index (χ1n) is 6.75. The van der Waals surface area contributed by atoms with E-state index < -0.39 is 6.10 Å². The molecule has 3 aromatic carbocycles. The van der Waals surface area contributed by atoms with Gasteiger partial charge in [-0.25, -0.2) is 0 Å². The first-order chi connectivity index (χ1) is 10.1. The number of aliphatic hydroxyl groups is 1. The van der Waals surface area contributed by atoms with E-state index in [1.165, 1.54) is 0 Å². The number of benzene rings is 3. The fourth-order valence-corrected chi connectivity index (χ4v) is 3.01. The second kappa shape index (κ2) is 6.07. The van der Waals surface area contributed by atoms with Gasteiger partial charge in [-0.2, -0.15) is 0 Å². The Kier molecular flexibility index (Phi) is 4.16. The van der Waals surface area contributed by atoms with Crippen LogP contribution in [0.5, 0.6) is 0 Å². The maximum atomic E-state index is 10.6. The quantitative estimate of drug-likeness (QED) is 0.683. The summed E-state index contributed by atoms with van der Waals surface area (Å²) in [6, 6.07) is 19.1. The molecule has 0 radical (unpaired) electrons. The molecule has 0 saturated heterocycles. The topological polar surface area (TPSA) is 20.2 Å². The zero-order valence-corrected chi connectivity index (χ0v) is 12.8. The van der Waals surface area contributed by atoms with E-state index in [2.05, 4.69) is 0 Å². The molecular formula is C18H14Cl2O. The summed E-state index contributed by atoms with van der Waals surface area (Å²) >= 11 is 12.2. The molecule has 0 aromatic heterocycles. The Morgan fingerprint density at radius 1 is 0.857 bits per heavy atom. The third-order valence-electron chi connectivity index (χ3n) is 3.58. The van der Waals surface area contributed by atoms with Crippen LogP contribution < -0.4 is 0 Å². The van der Waals surface area contributed by atoms with Crippen LogP contribution in [-0.2, 0) is 6.42 Å². The fourth-order valence-electron chi connectivity index (χ4n) is 2.57. The molecule has 0 aliphatic carbocycles. The van der Waals surface area contributed by atoms with Gasteiger partial charge in [0.2, 0.25) is 0 Å². The number of hydrogen-bond acceptors (Lipinski definition) is 1. The lowest BCUT2D eigenvalue weighted by molar-refractivity contribution is 0.180. The van der Waals surface area contributed by atoms with Crippen molar-refractivity contribution in [1.82, 2.24) is 0 Å². The Bertz CT molecular complexity index is 783. The molecule has 3 aromatic rings. The molecule has 0 bridgehead atoms. The lowest BCUT2D eigenvalue weighted by Gasteiger charge is -2.15. The molecule has 1 unspecified atom stereocenters. The Hall–Kier alpha value is -1.54. The summed E-state index contributed by atoms with van der Waals surface area (Å²) in [7, 11) is 0. The summed E-state index contributed by atoms with van der Waals surface area (Å²) < 4.78 is 0. The normalized spacial score (nSPS) is 12.5. The van der Waals surface area contributed by atoms with Crippen molar-refractivity contribution >= 4 is 34.0 Å². The number of fused-ring (bicyclic) bond motifs is 1. The average Bonchev–Trinajstić information content (AvgIpc) is 2.48. The van der Waals surface area contributed by atoms with Crippen molar-refractivity contribution in [2.45, 2.75) is 12.5 Å². The molecule has 1 atom stereocenters. The van der Waals surface area contributed by atoms with Crippen LogP contribution in [0.4, 0.5) is 0 Å². The van der Waals surface area contributed by atoms with Crippen LogP contribution in [0.3, 0.4) is 0 Å². The van der Waals surface area contributed by atoms with Crippen LogP contribution in [0.25, 0.3) is 10.8 Å². The average molecular weight is 317 g/mol. The van der Waals surface area contributed by atoms with Gasteiger partial charge in [-0.1, -0.05) is 65.7 Å². The standard InChI is InChI=1S/C18H14Cl2O/c19-13-5-3-4-12(10-13)11-18(21)16-8-9-17(20)15-7-2-1-6-14(15)16/h1-10,18,21H,11H2. The highest BCUT2D eigenvalue weighted by Crippen LogP contribution is 2.31. The molecule has 1 N–H and O–H groups in total. The maximum absolute atomic E-state index is 10.6. The van der Waals surface area contributed by atoms with Gasteiger partial charge in [-0.15, -0.1) is 0 Å². The zero-order chi connectivity index (χ0) is 14.8. The van der Waals surface area contributed by atoms with E-state index in [4.69, 9.17) is 23.2 Å². The highest BCUT2D eigenvalue weighted by atomic mass is 35.5. The minimum absolute atomic E-state index is 0.520. The van der Waals surface area contributed by atoms with Crippen molar-refractivity contribution in [3.63, 3.8) is 0 Å². The first kappa shape index (κ1) is 14.4. The summed E-state index contributed by atoms with van der Waals surface area (Å²) in [6.07, 6.45) is -0.0720. The van der Waals surface area contributed by atoms with Crippen molar-refractivity contribution in [3.05, 3.63) is 81.8 Å². The first-order valence-corrected chi connectivity index (χ1v) is 7.50. The summed E-state index contributed by atoms with van der Waals surface area (Å²) in [4.78, 5) is 0. The van der Waals surface area contributed by atoms with Crippen molar-refractivity contribution in [2.75, 3.05) is 0 Å². The number of aliphatic hydroxyl groups excluding tert-OH is 1. The minimum Gasteiger partial charge on any atom is -0.388 e. The van der Waals surface area contributed by atoms with Crippen LogP contribution in [0.1, 0.15) is 17.2 Å². The lowest BCUT2D eigenvalue weighted by atomic mass is 9.96. The van der Waals surface area contributed by atoms with E-state index in [1.807, 2.05) is 60.7 Å². The molecule has 0 spiro atoms. The van der Waals surface area contributed by atoms with Gasteiger partial charge in [0.1, 0.15) is 0 Å². The molecule has 0 amide bonds. The number of halogens is 2. The Balaban J connectivity index is 1.98. The molecule has 21 heavy (non-hydrogen) atoms. The van der Waals surface area contributed by atoms with Crippen molar-refractivity contribution in [2.24, 2.45) is 0 Å². The molecule has 106 valence electrons. The summed E-state index contributed by atoms with van der Waals surface area (Å²) in [5.74, 6) is 0. The lowest BCUT2D eigenvalue weighted by Crippen LogP contribution is -2.02. The zero-order valence-electron chi connectivity index (χ0n) is 11.3. The van der Waals surface area contributed by atoms with Gasteiger partial charge in [-0.3, -0.25) is 0 Å². The highest BCUT2D eigenvalue weighted by molar-refractivity contribution is 6.35. The predicted molar refractivity (Wildman–Crippen MR) is 89.1 cm³/mol. The van der Waals surface area contributed by atoms with Crippen molar-refractivity contribution in [1.29, 1.82) is 0 Å². The molecule has 0 aliphatic rings. The summed E-state index contributed by atoms with van der Waals surface area (Å²) in [5, 5.41) is 13.9. The Morgan fingerprint density at radius 3 is 2.38 bits per heavy atom. The van der Waals surface area contributed by atoms with E-state index in [-0.39, 0.29) is 0 Å². The molecule has 0 heterocycles. The number of hydrogen-bond donors (Lipinski definition) is 1. The Labute approximate surface area is 133 Å². The van der Waals surface area contributed by atoms with E-state index in [1.54, 1.807) is 0 Å². The van der Waals surface area contributed by atoms with Crippen molar-refractivity contribution < 1.29 is 5.11 Å². The second-order valence-corrected chi connectivity index (χ2v) is 5.88. The monoisotopic (exact) mass is 316 g/mol. The van der Waals surface area contributed by atoms with Gasteiger partial charge in [0.25, 0.3) is 0 Å². The molecule has 1 nitrogen and oxygen atoms in total. The summed E-state index contributed by atoms with van der Waals surface area (Å²) in [6.45, 7) is 0. The van der Waals surface area contributed by atoms with Gasteiger partial charge in [0.05, 0.1) is 6.10 Å². The molecular weight excluding hydrogens is 303 g/mol. The van der Waals surface area contributed by atoms with Gasteiger partial charge < -0.3 is 5.11 Å². The van der Waals surface area contributed by atoms with Crippen LogP contribution in [0.15, 0.2) is 60.7 Å². The third kappa shape index (κ3) is 3.06. The minimum atomic E-state index is -0.592. The highest BCUT2D eigenvalue weighted by Gasteiger charge is 2.13. The summed E-state index contributed by atoms with van der Waals surface area (Å²) in [5.41, 5.74) is 1.89. The SMILES string of the molecule is OC(Cc1cccc(Cl)c1)c1ccc(Cl)c2ccccc12. The van der Waals surface area contributed by atoms with Gasteiger partial charge in [-0.05, 0) is 34.7 Å². The predicted octanol–water partition coefficient (Wildman–Crippen LogP) is 5.42. The largest absolute Gasteiger partial charge is 0.388 e. The van der Waals surface area contributed by atoms with Gasteiger partial charge in [0, 0.05) is 21.9 Å². The molecule has 0 saturated carbocycles. The van der Waals surface area contributed by atoms with Crippen molar-refractivity contribution in [3.8, 4) is 0 Å². The molecule has 0 aliphatic heterocycles. The Morgan fingerprint density at radius 2 is 1.62 bits per heavy atom. The molecule has 0 fully saturated rings. The van der Waals surface area contributed by atoms with E-state index >= 15 is 0 Å². The number of rotatable bonds is 3. The third-order valence-corrected chi connectivity index (χ3v) is 4.15. The van der Waals surface area contributed by atoms with Crippen LogP contribution in [-0.4, -0.2) is 5.11 Å². The van der Waals surface area contributed by atoms with E-state index in [0.29, 0.717) is 16.5 Å². The molecule has 3 rings (SSSR count). The van der Waals surface area contributed by atoms with Crippen LogP contribution >= 0.6 is 23.2 Å². The second-order valence-electron chi connectivity index (χ2n) is 5.03. The maximum Gasteiger partial charge on any atom is 0.0836 e. The van der Waals surface area contributed by atoms with Gasteiger partial charge in [0.15, 0.2) is 0 Å². The van der Waals surface area contributed by atoms with Crippen LogP contribution in [0.2, 0.25) is 10.0 Å². The van der Waals surface area contributed by atoms with Gasteiger partial charge >= 0.3 is 0 Å². The molecule has 3 heteroatoms. The smallest absolute Gasteiger partial charge is 0.0836 e. The van der Waals surface area contributed by atoms with E-state index in [0.717, 1.165) is 21.9 Å². The van der Waals surface area contributed by atoms with E-state index in [9.17, 15) is 5.11 Å². The van der Waals surface area contributed by atoms with Crippen LogP contribution in [0, 0.1) is 0 Å².